The van der Waals surface area contributed by atoms with Gasteiger partial charge in [-0.1, -0.05) is 40.4 Å². The summed E-state index contributed by atoms with van der Waals surface area (Å²) >= 11 is 1.90. The minimum absolute atomic E-state index is 0.0759. The van der Waals surface area contributed by atoms with E-state index in [2.05, 4.69) is 59.6 Å². The van der Waals surface area contributed by atoms with Crippen molar-refractivity contribution in [2.75, 3.05) is 39.0 Å². The van der Waals surface area contributed by atoms with E-state index < -0.39 is 22.2 Å². The van der Waals surface area contributed by atoms with Crippen LogP contribution in [0.5, 0.6) is 0 Å². The van der Waals surface area contributed by atoms with Gasteiger partial charge in [0.05, 0.1) is 19.3 Å². The molecular weight excluding hydrogens is 444 g/mol. The lowest BCUT2D eigenvalue weighted by Gasteiger charge is -2.36. The number of ether oxygens (including phenoxy) is 4. The maximum atomic E-state index is 6.43. The first-order valence-electron chi connectivity index (χ1n) is 11.8. The molecular formula is C23H46O5SSi2. The van der Waals surface area contributed by atoms with Gasteiger partial charge < -0.3 is 23.4 Å². The van der Waals surface area contributed by atoms with Gasteiger partial charge in [-0.3, -0.25) is 0 Å². The molecule has 1 spiro atoms. The molecule has 1 unspecified atom stereocenters. The fraction of sp³-hybridized carbons (Fsp3) is 0.913. The highest BCUT2D eigenvalue weighted by Gasteiger charge is 2.38. The van der Waals surface area contributed by atoms with Crippen LogP contribution in [-0.2, 0) is 23.4 Å². The van der Waals surface area contributed by atoms with E-state index in [9.17, 15) is 0 Å². The standard InChI is InChI=1S/C23H46O5SSi2/c1-22(2,3)31(7,8)28-11-9-20(25-19-24-14-16-30(4,5)6)17-21-18-23(10-15-29-21)26-12-13-27-23/h18,20H,9-17,19H2,1-8H3. The summed E-state index contributed by atoms with van der Waals surface area (Å²) in [5.74, 6) is 0.516. The summed E-state index contributed by atoms with van der Waals surface area (Å²) in [6.07, 6.45) is 4.91. The molecule has 0 aromatic carbocycles. The average Bonchev–Trinajstić information content (AvgIpc) is 3.06. The zero-order valence-electron chi connectivity index (χ0n) is 21.2. The van der Waals surface area contributed by atoms with Crippen LogP contribution in [0.15, 0.2) is 11.0 Å². The topological polar surface area (TPSA) is 46.2 Å². The molecule has 0 saturated carbocycles. The van der Waals surface area contributed by atoms with Gasteiger partial charge in [-0.05, 0) is 41.6 Å². The summed E-state index contributed by atoms with van der Waals surface area (Å²) in [5.41, 5.74) is 0. The lowest BCUT2D eigenvalue weighted by atomic mass is 10.1. The van der Waals surface area contributed by atoms with E-state index in [1.54, 1.807) is 0 Å². The third kappa shape index (κ3) is 9.61. The van der Waals surface area contributed by atoms with E-state index in [0.717, 1.165) is 44.3 Å². The zero-order valence-corrected chi connectivity index (χ0v) is 24.0. The Labute approximate surface area is 197 Å². The van der Waals surface area contributed by atoms with E-state index in [4.69, 9.17) is 23.4 Å². The molecule has 0 aromatic rings. The largest absolute Gasteiger partial charge is 0.417 e. The highest BCUT2D eigenvalue weighted by molar-refractivity contribution is 8.03. The maximum Gasteiger partial charge on any atom is 0.191 e. The fourth-order valence-electron chi connectivity index (χ4n) is 3.21. The SMILES string of the molecule is CC(C)(C)[Si](C)(C)OCCC(CC1=CC2(CCS1)OCCO2)OCOCC[Si](C)(C)C. The molecule has 0 bridgehead atoms. The van der Waals surface area contributed by atoms with E-state index in [1.165, 1.54) is 4.91 Å². The summed E-state index contributed by atoms with van der Waals surface area (Å²) in [6.45, 7) is 21.8. The molecule has 182 valence electrons. The molecule has 2 heterocycles. The van der Waals surface area contributed by atoms with Crippen LogP contribution in [0, 0.1) is 0 Å². The molecule has 0 aliphatic carbocycles. The van der Waals surface area contributed by atoms with Crippen LogP contribution in [-0.4, -0.2) is 67.3 Å². The molecule has 1 atom stereocenters. The first kappa shape index (κ1) is 27.6. The Kier molecular flexibility index (Phi) is 10.4. The van der Waals surface area contributed by atoms with Gasteiger partial charge in [0.25, 0.3) is 0 Å². The summed E-state index contributed by atoms with van der Waals surface area (Å²) in [5, 5.41) is 0.217. The minimum atomic E-state index is -1.76. The molecule has 31 heavy (non-hydrogen) atoms. The van der Waals surface area contributed by atoms with E-state index in [1.807, 2.05) is 11.8 Å². The van der Waals surface area contributed by atoms with Crippen molar-refractivity contribution in [3.05, 3.63) is 11.0 Å². The Balaban J connectivity index is 1.91. The van der Waals surface area contributed by atoms with Gasteiger partial charge in [0.1, 0.15) is 6.79 Å². The summed E-state index contributed by atoms with van der Waals surface area (Å²) < 4.78 is 30.3. The molecule has 0 N–H and O–H groups in total. The van der Waals surface area contributed by atoms with Gasteiger partial charge in [-0.2, -0.15) is 0 Å². The van der Waals surface area contributed by atoms with Gasteiger partial charge in [-0.15, -0.1) is 11.8 Å². The average molecular weight is 491 g/mol. The van der Waals surface area contributed by atoms with Crippen molar-refractivity contribution < 1.29 is 23.4 Å². The molecule has 1 fully saturated rings. The predicted octanol–water partition coefficient (Wildman–Crippen LogP) is 6.25. The highest BCUT2D eigenvalue weighted by Crippen LogP contribution is 2.39. The second kappa shape index (κ2) is 11.6. The van der Waals surface area contributed by atoms with Crippen LogP contribution >= 0.6 is 11.8 Å². The van der Waals surface area contributed by atoms with Gasteiger partial charge >= 0.3 is 0 Å². The monoisotopic (exact) mass is 490 g/mol. The minimum Gasteiger partial charge on any atom is -0.417 e. The van der Waals surface area contributed by atoms with Crippen molar-refractivity contribution in [3.8, 4) is 0 Å². The number of hydrogen-bond acceptors (Lipinski definition) is 6. The van der Waals surface area contributed by atoms with Crippen molar-refractivity contribution >= 4 is 28.2 Å². The zero-order chi connectivity index (χ0) is 23.2. The normalized spacial score (nSPS) is 20.8. The molecule has 8 heteroatoms. The van der Waals surface area contributed by atoms with Crippen LogP contribution in [0.3, 0.4) is 0 Å². The first-order valence-corrected chi connectivity index (χ1v) is 19.4. The third-order valence-electron chi connectivity index (χ3n) is 6.42. The van der Waals surface area contributed by atoms with Crippen molar-refractivity contribution in [1.82, 2.24) is 0 Å². The van der Waals surface area contributed by atoms with Crippen molar-refractivity contribution in [2.24, 2.45) is 0 Å². The van der Waals surface area contributed by atoms with E-state index >= 15 is 0 Å². The van der Waals surface area contributed by atoms with Gasteiger partial charge in [0.2, 0.25) is 0 Å². The second-order valence-electron chi connectivity index (χ2n) is 11.4. The Morgan fingerprint density at radius 2 is 1.77 bits per heavy atom. The lowest BCUT2D eigenvalue weighted by Crippen LogP contribution is -2.41. The summed E-state index contributed by atoms with van der Waals surface area (Å²) in [6, 6.07) is 1.16. The Bertz CT molecular complexity index is 577. The summed E-state index contributed by atoms with van der Waals surface area (Å²) in [4.78, 5) is 1.30. The molecule has 5 nitrogen and oxygen atoms in total. The van der Waals surface area contributed by atoms with Gasteiger partial charge in [-0.25, -0.2) is 0 Å². The van der Waals surface area contributed by atoms with Crippen molar-refractivity contribution in [2.45, 2.75) is 95.7 Å². The Hall–Kier alpha value is 0.324. The molecule has 0 radical (unpaired) electrons. The lowest BCUT2D eigenvalue weighted by molar-refractivity contribution is -0.118. The number of rotatable bonds is 12. The molecule has 0 aromatic heterocycles. The molecule has 0 amide bonds. The second-order valence-corrected chi connectivity index (χ2v) is 23.1. The first-order chi connectivity index (χ1) is 14.3. The smallest absolute Gasteiger partial charge is 0.191 e. The van der Waals surface area contributed by atoms with Gasteiger partial charge in [0, 0.05) is 39.9 Å². The fourth-order valence-corrected chi connectivity index (χ4v) is 6.25. The van der Waals surface area contributed by atoms with Gasteiger partial charge in [0.15, 0.2) is 14.1 Å². The number of hydrogen-bond donors (Lipinski definition) is 0. The van der Waals surface area contributed by atoms with Crippen molar-refractivity contribution in [1.29, 1.82) is 0 Å². The highest BCUT2D eigenvalue weighted by atomic mass is 32.2. The predicted molar refractivity (Wildman–Crippen MR) is 136 cm³/mol. The van der Waals surface area contributed by atoms with Crippen molar-refractivity contribution in [3.63, 3.8) is 0 Å². The molecule has 2 aliphatic heterocycles. The van der Waals surface area contributed by atoms with E-state index in [-0.39, 0.29) is 11.1 Å². The molecule has 2 aliphatic rings. The Morgan fingerprint density at radius 1 is 1.10 bits per heavy atom. The molecule has 1 saturated heterocycles. The van der Waals surface area contributed by atoms with Crippen LogP contribution in [0.1, 0.15) is 40.0 Å². The van der Waals surface area contributed by atoms with Crippen LogP contribution in [0.4, 0.5) is 0 Å². The van der Waals surface area contributed by atoms with Crippen LogP contribution in [0.25, 0.3) is 0 Å². The quantitative estimate of drug-likeness (QED) is 0.183. The molecule has 2 rings (SSSR count). The maximum absolute atomic E-state index is 6.43. The van der Waals surface area contributed by atoms with E-state index in [0.29, 0.717) is 20.0 Å². The summed E-state index contributed by atoms with van der Waals surface area (Å²) in [7, 11) is -2.84. The number of thioether (sulfide) groups is 1. The third-order valence-corrected chi connectivity index (χ3v) is 13.7. The van der Waals surface area contributed by atoms with Crippen LogP contribution < -0.4 is 0 Å². The Morgan fingerprint density at radius 3 is 2.39 bits per heavy atom. The van der Waals surface area contributed by atoms with Crippen LogP contribution in [0.2, 0.25) is 43.8 Å².